The molecule has 0 saturated carbocycles. The van der Waals surface area contributed by atoms with Crippen molar-refractivity contribution >= 4 is 43.2 Å². The van der Waals surface area contributed by atoms with E-state index in [1.165, 1.54) is 0 Å². The molecule has 37 heavy (non-hydrogen) atoms. The number of aryl methyl sites for hydroxylation is 1. The second kappa shape index (κ2) is 11.5. The zero-order chi connectivity index (χ0) is 25.8. The number of aliphatic hydroxyl groups excluding tert-OH is 1. The van der Waals surface area contributed by atoms with E-state index in [9.17, 15) is 8.42 Å². The maximum Gasteiger partial charge on any atom is 0.274 e. The van der Waals surface area contributed by atoms with Crippen LogP contribution in [-0.4, -0.2) is 90.5 Å². The van der Waals surface area contributed by atoms with Crippen LogP contribution in [-0.2, 0) is 10.0 Å². The van der Waals surface area contributed by atoms with Gasteiger partial charge in [-0.3, -0.25) is 0 Å². The van der Waals surface area contributed by atoms with Gasteiger partial charge in [0.1, 0.15) is 6.10 Å². The standard InChI is InChI=1S/C25H34N6O4S2/c1-19-17-26-24(27-18-19)30-8-6-21(7-9-30)35-25-28-22-5-4-20(16-23(22)36-25)29-10-12-31(13-11-29)37(33,34)15-3-2-14-32/h4-5,16-18,21,32H,2-3,6-15H2,1H3. The highest BCUT2D eigenvalue weighted by Crippen LogP contribution is 2.33. The fourth-order valence-electron chi connectivity index (χ4n) is 4.75. The summed E-state index contributed by atoms with van der Waals surface area (Å²) in [5, 5.41) is 9.61. The SMILES string of the molecule is Cc1cnc(N2CCC(Oc3nc4ccc(N5CCN(S(=O)(=O)CCCCO)CC5)cc4s3)CC2)nc1. The van der Waals surface area contributed by atoms with Gasteiger partial charge in [-0.1, -0.05) is 11.3 Å². The first kappa shape index (κ1) is 26.1. The van der Waals surface area contributed by atoms with Crippen LogP contribution < -0.4 is 14.5 Å². The Morgan fingerprint density at radius 2 is 1.76 bits per heavy atom. The van der Waals surface area contributed by atoms with Crippen molar-refractivity contribution in [3.63, 3.8) is 0 Å². The Morgan fingerprint density at radius 1 is 1.03 bits per heavy atom. The lowest BCUT2D eigenvalue weighted by Crippen LogP contribution is -2.49. The van der Waals surface area contributed by atoms with Gasteiger partial charge in [0, 0.05) is 76.8 Å². The molecule has 4 heterocycles. The first-order valence-corrected chi connectivity index (χ1v) is 15.3. The number of hydrogen-bond acceptors (Lipinski definition) is 10. The smallest absolute Gasteiger partial charge is 0.274 e. The van der Waals surface area contributed by atoms with Gasteiger partial charge in [-0.2, -0.15) is 4.31 Å². The third-order valence-corrected chi connectivity index (χ3v) is 9.79. The van der Waals surface area contributed by atoms with Crippen LogP contribution in [0.25, 0.3) is 10.2 Å². The Hall–Kier alpha value is -2.54. The molecule has 0 atom stereocenters. The largest absolute Gasteiger partial charge is 0.467 e. The molecule has 10 nitrogen and oxygen atoms in total. The lowest BCUT2D eigenvalue weighted by atomic mass is 10.1. The van der Waals surface area contributed by atoms with Crippen LogP contribution in [0.15, 0.2) is 30.6 Å². The molecule has 0 unspecified atom stereocenters. The average Bonchev–Trinajstić information content (AvgIpc) is 3.31. The number of nitrogens with zero attached hydrogens (tertiary/aromatic N) is 6. The molecule has 2 fully saturated rings. The van der Waals surface area contributed by atoms with Crippen molar-refractivity contribution in [1.29, 1.82) is 0 Å². The molecule has 200 valence electrons. The van der Waals surface area contributed by atoms with Crippen LogP contribution in [0.4, 0.5) is 11.6 Å². The highest BCUT2D eigenvalue weighted by Gasteiger charge is 2.27. The summed E-state index contributed by atoms with van der Waals surface area (Å²) in [7, 11) is -3.27. The summed E-state index contributed by atoms with van der Waals surface area (Å²) in [5.41, 5.74) is 3.05. The van der Waals surface area contributed by atoms with Crippen molar-refractivity contribution in [3.8, 4) is 5.19 Å². The monoisotopic (exact) mass is 546 g/mol. The average molecular weight is 547 g/mol. The number of anilines is 2. The molecule has 2 aromatic heterocycles. The van der Waals surface area contributed by atoms with Gasteiger partial charge in [-0.15, -0.1) is 0 Å². The van der Waals surface area contributed by atoms with Crippen molar-refractivity contribution in [3.05, 3.63) is 36.2 Å². The highest BCUT2D eigenvalue weighted by atomic mass is 32.2. The lowest BCUT2D eigenvalue weighted by molar-refractivity contribution is 0.170. The lowest BCUT2D eigenvalue weighted by Gasteiger charge is -2.35. The number of aliphatic hydroxyl groups is 1. The van der Waals surface area contributed by atoms with Crippen molar-refractivity contribution in [2.75, 3.05) is 61.4 Å². The number of piperazine rings is 1. The minimum Gasteiger partial charge on any atom is -0.467 e. The summed E-state index contributed by atoms with van der Waals surface area (Å²) < 4.78 is 34.0. The van der Waals surface area contributed by atoms with Gasteiger partial charge in [-0.25, -0.2) is 23.4 Å². The molecule has 2 aliphatic heterocycles. The van der Waals surface area contributed by atoms with Crippen LogP contribution >= 0.6 is 11.3 Å². The molecular weight excluding hydrogens is 512 g/mol. The number of unbranched alkanes of at least 4 members (excludes halogenated alkanes) is 1. The Kier molecular flexibility index (Phi) is 8.08. The van der Waals surface area contributed by atoms with E-state index in [0.717, 1.165) is 53.3 Å². The number of benzene rings is 1. The van der Waals surface area contributed by atoms with Crippen molar-refractivity contribution in [2.24, 2.45) is 0 Å². The topological polar surface area (TPSA) is 112 Å². The predicted molar refractivity (Wildman–Crippen MR) is 146 cm³/mol. The van der Waals surface area contributed by atoms with Crippen LogP contribution in [0.5, 0.6) is 5.19 Å². The number of piperidine rings is 1. The fraction of sp³-hybridized carbons (Fsp3) is 0.560. The first-order chi connectivity index (χ1) is 17.9. The summed E-state index contributed by atoms with van der Waals surface area (Å²) >= 11 is 1.56. The second-order valence-corrected chi connectivity index (χ2v) is 12.7. The van der Waals surface area contributed by atoms with E-state index in [4.69, 9.17) is 14.8 Å². The molecule has 2 aliphatic rings. The van der Waals surface area contributed by atoms with E-state index in [0.29, 0.717) is 44.2 Å². The summed E-state index contributed by atoms with van der Waals surface area (Å²) in [6.45, 7) is 5.97. The van der Waals surface area contributed by atoms with Crippen LogP contribution in [0, 0.1) is 6.92 Å². The molecule has 0 radical (unpaired) electrons. The zero-order valence-electron chi connectivity index (χ0n) is 21.1. The van der Waals surface area contributed by atoms with Gasteiger partial charge >= 0.3 is 0 Å². The highest BCUT2D eigenvalue weighted by molar-refractivity contribution is 7.89. The Bertz CT molecular complexity index is 1280. The molecule has 2 saturated heterocycles. The molecule has 3 aromatic rings. The van der Waals surface area contributed by atoms with Gasteiger partial charge < -0.3 is 19.6 Å². The quantitative estimate of drug-likeness (QED) is 0.405. The third-order valence-electron chi connectivity index (χ3n) is 6.92. The van der Waals surface area contributed by atoms with E-state index in [1.54, 1.807) is 15.6 Å². The number of fused-ring (bicyclic) bond motifs is 1. The molecule has 1 N–H and O–H groups in total. The van der Waals surface area contributed by atoms with Crippen LogP contribution in [0.3, 0.4) is 0 Å². The summed E-state index contributed by atoms with van der Waals surface area (Å²) in [6, 6.07) is 6.20. The molecular formula is C25H34N6O4S2. The number of thiazole rings is 1. The summed E-state index contributed by atoms with van der Waals surface area (Å²) in [4.78, 5) is 18.0. The minimum absolute atomic E-state index is 0.0266. The Morgan fingerprint density at radius 3 is 2.46 bits per heavy atom. The number of sulfonamides is 1. The van der Waals surface area contributed by atoms with E-state index in [2.05, 4.69) is 31.9 Å². The molecule has 0 amide bonds. The third kappa shape index (κ3) is 6.31. The van der Waals surface area contributed by atoms with Gasteiger partial charge in [0.25, 0.3) is 5.19 Å². The van der Waals surface area contributed by atoms with Gasteiger partial charge in [0.05, 0.1) is 16.0 Å². The predicted octanol–water partition coefficient (Wildman–Crippen LogP) is 2.67. The van der Waals surface area contributed by atoms with Crippen molar-refractivity contribution < 1.29 is 18.3 Å². The molecule has 1 aromatic carbocycles. The number of hydrogen-bond donors (Lipinski definition) is 1. The molecule has 0 bridgehead atoms. The number of aromatic nitrogens is 3. The normalized spacial score (nSPS) is 18.0. The van der Waals surface area contributed by atoms with Gasteiger partial charge in [-0.05, 0) is 43.5 Å². The Labute approximate surface area is 222 Å². The number of ether oxygens (including phenoxy) is 1. The van der Waals surface area contributed by atoms with E-state index in [-0.39, 0.29) is 18.5 Å². The molecule has 5 rings (SSSR count). The zero-order valence-corrected chi connectivity index (χ0v) is 22.8. The Balaban J connectivity index is 1.15. The van der Waals surface area contributed by atoms with Crippen LogP contribution in [0.1, 0.15) is 31.2 Å². The van der Waals surface area contributed by atoms with Gasteiger partial charge in [0.15, 0.2) is 0 Å². The second-order valence-electron chi connectivity index (χ2n) is 9.63. The maximum atomic E-state index is 12.5. The first-order valence-electron chi connectivity index (χ1n) is 12.9. The van der Waals surface area contributed by atoms with E-state index >= 15 is 0 Å². The van der Waals surface area contributed by atoms with Gasteiger partial charge in [0.2, 0.25) is 16.0 Å². The summed E-state index contributed by atoms with van der Waals surface area (Å²) in [6.07, 6.45) is 6.62. The molecule has 0 spiro atoms. The fourth-order valence-corrected chi connectivity index (χ4v) is 7.22. The van der Waals surface area contributed by atoms with Crippen molar-refractivity contribution in [2.45, 2.75) is 38.7 Å². The molecule has 12 heteroatoms. The molecule has 0 aliphatic carbocycles. The number of rotatable bonds is 9. The minimum atomic E-state index is -3.27. The van der Waals surface area contributed by atoms with E-state index < -0.39 is 10.0 Å². The van der Waals surface area contributed by atoms with Crippen LogP contribution in [0.2, 0.25) is 0 Å². The maximum absolute atomic E-state index is 12.5. The van der Waals surface area contributed by atoms with E-state index in [1.807, 2.05) is 25.4 Å². The summed E-state index contributed by atoms with van der Waals surface area (Å²) in [5.74, 6) is 0.874. The van der Waals surface area contributed by atoms with Crippen molar-refractivity contribution in [1.82, 2.24) is 19.3 Å².